The minimum absolute atomic E-state index is 0.0607. The van der Waals surface area contributed by atoms with Crippen molar-refractivity contribution in [2.45, 2.75) is 45.6 Å². The van der Waals surface area contributed by atoms with Crippen LogP contribution in [0.1, 0.15) is 44.7 Å². The van der Waals surface area contributed by atoms with Gasteiger partial charge >= 0.3 is 0 Å². The number of anilines is 3. The number of amides is 1. The smallest absolute Gasteiger partial charge is 0.229 e. The van der Waals surface area contributed by atoms with Crippen LogP contribution in [0.2, 0.25) is 5.02 Å². The van der Waals surface area contributed by atoms with Crippen LogP contribution < -0.4 is 16.0 Å². The van der Waals surface area contributed by atoms with Crippen molar-refractivity contribution in [2.75, 3.05) is 17.7 Å². The molecule has 0 radical (unpaired) electrons. The number of nitrogens with one attached hydrogen (secondary N) is 3. The molecule has 3 saturated carbocycles. The highest BCUT2D eigenvalue weighted by atomic mass is 35.5. The number of fused-ring (bicyclic) bond motifs is 2. The number of benzene rings is 1. The topological polar surface area (TPSA) is 91.8 Å². The number of aromatic nitrogens is 3. The molecule has 2 bridgehead atoms. The van der Waals surface area contributed by atoms with E-state index in [1.54, 1.807) is 13.2 Å². The van der Waals surface area contributed by atoms with Crippen LogP contribution in [0, 0.1) is 23.2 Å². The molecular weight excluding hydrogens is 472 g/mol. The van der Waals surface area contributed by atoms with Crippen molar-refractivity contribution in [3.8, 4) is 0 Å². The fraction of sp³-hybridized carbons (Fsp3) is 0.429. The van der Waals surface area contributed by atoms with Crippen LogP contribution >= 0.6 is 11.6 Å². The number of hydrogen-bond acceptors (Lipinski definition) is 6. The van der Waals surface area contributed by atoms with Gasteiger partial charge in [0.15, 0.2) is 5.82 Å². The molecule has 1 aromatic carbocycles. The Morgan fingerprint density at radius 3 is 2.42 bits per heavy atom. The molecule has 0 spiro atoms. The summed E-state index contributed by atoms with van der Waals surface area (Å²) in [6.45, 7) is 6.75. The Hall–Kier alpha value is -3.19. The van der Waals surface area contributed by atoms with Crippen molar-refractivity contribution in [3.63, 3.8) is 0 Å². The van der Waals surface area contributed by atoms with Gasteiger partial charge in [-0.2, -0.15) is 4.98 Å². The minimum Gasteiger partial charge on any atom is -0.362 e. The van der Waals surface area contributed by atoms with Gasteiger partial charge in [-0.15, -0.1) is 0 Å². The molecule has 3 N–H and O–H groups in total. The molecule has 4 atom stereocenters. The third-order valence-electron chi connectivity index (χ3n) is 8.50. The van der Waals surface area contributed by atoms with Gasteiger partial charge < -0.3 is 16.0 Å². The molecule has 3 fully saturated rings. The van der Waals surface area contributed by atoms with Gasteiger partial charge in [-0.1, -0.05) is 37.6 Å². The first kappa shape index (κ1) is 24.5. The van der Waals surface area contributed by atoms with Crippen molar-refractivity contribution in [3.05, 3.63) is 71.1 Å². The molecule has 0 aliphatic heterocycles. The lowest BCUT2D eigenvalue weighted by Gasteiger charge is -2.66. The van der Waals surface area contributed by atoms with Gasteiger partial charge in [-0.3, -0.25) is 9.78 Å². The maximum Gasteiger partial charge on any atom is 0.229 e. The van der Waals surface area contributed by atoms with Crippen LogP contribution in [-0.2, 0) is 11.2 Å². The van der Waals surface area contributed by atoms with Gasteiger partial charge in [0.05, 0.1) is 17.7 Å². The standard InChI is InChI=1S/C28H33ClN6O/c1-27(2)19-14-21(25(36)30-4)28(3,23(27)15-19)35-24-22(29)16-32-26(34-24)33-20-7-5-17(6-8-20)13-18-9-11-31-12-10-18/h5-12,16,19,21,23H,13-15H2,1-4H3,(H,30,36)(H2,32,33,34,35)/t19-,21+,23+,28-/m0/s1. The van der Waals surface area contributed by atoms with Crippen LogP contribution in [0.5, 0.6) is 0 Å². The van der Waals surface area contributed by atoms with E-state index in [-0.39, 0.29) is 17.2 Å². The summed E-state index contributed by atoms with van der Waals surface area (Å²) in [6.07, 6.45) is 8.02. The summed E-state index contributed by atoms with van der Waals surface area (Å²) >= 11 is 6.55. The molecule has 2 heterocycles. The van der Waals surface area contributed by atoms with Crippen molar-refractivity contribution in [1.29, 1.82) is 0 Å². The predicted octanol–water partition coefficient (Wildman–Crippen LogP) is 5.46. The number of hydrogen-bond donors (Lipinski definition) is 3. The average molecular weight is 505 g/mol. The predicted molar refractivity (Wildman–Crippen MR) is 143 cm³/mol. The van der Waals surface area contributed by atoms with Gasteiger partial charge in [-0.05, 0) is 78.8 Å². The second-order valence-electron chi connectivity index (χ2n) is 10.9. The molecular formula is C28H33ClN6O. The summed E-state index contributed by atoms with van der Waals surface area (Å²) in [5.41, 5.74) is 3.00. The van der Waals surface area contributed by atoms with E-state index in [0.29, 0.717) is 28.6 Å². The fourth-order valence-corrected chi connectivity index (χ4v) is 6.41. The summed E-state index contributed by atoms with van der Waals surface area (Å²) < 4.78 is 0. The van der Waals surface area contributed by atoms with E-state index >= 15 is 0 Å². The summed E-state index contributed by atoms with van der Waals surface area (Å²) in [6, 6.07) is 12.3. The largest absolute Gasteiger partial charge is 0.362 e. The number of pyridine rings is 1. The number of rotatable bonds is 7. The molecule has 6 rings (SSSR count). The monoisotopic (exact) mass is 504 g/mol. The number of halogens is 1. The number of nitrogens with zero attached hydrogens (tertiary/aromatic N) is 3. The highest BCUT2D eigenvalue weighted by Crippen LogP contribution is 2.65. The lowest BCUT2D eigenvalue weighted by molar-refractivity contribution is -0.155. The van der Waals surface area contributed by atoms with E-state index in [1.807, 2.05) is 36.7 Å². The number of carbonyl (C=O) groups excluding carboxylic acids is 1. The molecule has 1 amide bonds. The maximum atomic E-state index is 12.9. The van der Waals surface area contributed by atoms with Gasteiger partial charge in [0.1, 0.15) is 5.02 Å². The third-order valence-corrected chi connectivity index (χ3v) is 8.78. The Morgan fingerprint density at radius 2 is 1.75 bits per heavy atom. The Kier molecular flexibility index (Phi) is 6.37. The van der Waals surface area contributed by atoms with Gasteiger partial charge in [0.2, 0.25) is 11.9 Å². The molecule has 0 saturated heterocycles. The summed E-state index contributed by atoms with van der Waals surface area (Å²) in [4.78, 5) is 26.0. The summed E-state index contributed by atoms with van der Waals surface area (Å²) in [5, 5.41) is 10.2. The molecule has 0 unspecified atom stereocenters. The highest BCUT2D eigenvalue weighted by Gasteiger charge is 2.64. The Balaban J connectivity index is 1.34. The van der Waals surface area contributed by atoms with Gasteiger partial charge in [0.25, 0.3) is 0 Å². The Morgan fingerprint density at radius 1 is 1.06 bits per heavy atom. The maximum absolute atomic E-state index is 12.9. The zero-order valence-corrected chi connectivity index (χ0v) is 21.9. The first-order valence-electron chi connectivity index (χ1n) is 12.5. The van der Waals surface area contributed by atoms with E-state index in [4.69, 9.17) is 16.6 Å². The van der Waals surface area contributed by atoms with E-state index in [0.717, 1.165) is 24.9 Å². The van der Waals surface area contributed by atoms with Crippen molar-refractivity contribution < 1.29 is 4.79 Å². The number of carbonyl (C=O) groups is 1. The third kappa shape index (κ3) is 4.41. The Labute approximate surface area is 217 Å². The molecule has 7 nitrogen and oxygen atoms in total. The van der Waals surface area contributed by atoms with Crippen molar-refractivity contribution in [1.82, 2.24) is 20.3 Å². The van der Waals surface area contributed by atoms with Crippen molar-refractivity contribution in [2.24, 2.45) is 23.2 Å². The van der Waals surface area contributed by atoms with E-state index in [2.05, 4.69) is 58.8 Å². The lowest BCUT2D eigenvalue weighted by atomic mass is 9.40. The lowest BCUT2D eigenvalue weighted by Crippen LogP contribution is -2.69. The molecule has 2 aromatic heterocycles. The van der Waals surface area contributed by atoms with Crippen LogP contribution in [0.15, 0.2) is 55.0 Å². The molecule has 36 heavy (non-hydrogen) atoms. The normalized spacial score (nSPS) is 26.0. The van der Waals surface area contributed by atoms with Crippen LogP contribution in [0.4, 0.5) is 17.5 Å². The average Bonchev–Trinajstić information content (AvgIpc) is 2.87. The van der Waals surface area contributed by atoms with Crippen LogP contribution in [-0.4, -0.2) is 33.4 Å². The van der Waals surface area contributed by atoms with E-state index in [9.17, 15) is 4.79 Å². The summed E-state index contributed by atoms with van der Waals surface area (Å²) in [7, 11) is 1.70. The molecule has 3 aliphatic rings. The SMILES string of the molecule is CNC(=O)[C@H]1C[C@H]2C[C@H](C2(C)C)[C@@]1(C)Nc1nc(Nc2ccc(Cc3ccncc3)cc2)ncc1Cl. The zero-order chi connectivity index (χ0) is 25.5. The first-order chi connectivity index (χ1) is 17.2. The van der Waals surface area contributed by atoms with Crippen molar-refractivity contribution >= 4 is 35.0 Å². The fourth-order valence-electron chi connectivity index (χ4n) is 6.28. The zero-order valence-electron chi connectivity index (χ0n) is 21.2. The van der Waals surface area contributed by atoms with Crippen LogP contribution in [0.25, 0.3) is 0 Å². The minimum atomic E-state index is -0.470. The molecule has 8 heteroatoms. The second-order valence-corrected chi connectivity index (χ2v) is 11.3. The first-order valence-corrected chi connectivity index (χ1v) is 12.9. The molecule has 3 aliphatic carbocycles. The van der Waals surface area contributed by atoms with Gasteiger partial charge in [-0.25, -0.2) is 4.98 Å². The summed E-state index contributed by atoms with van der Waals surface area (Å²) in [5.74, 6) is 1.78. The Bertz CT molecular complexity index is 1250. The molecule has 188 valence electrons. The quantitative estimate of drug-likeness (QED) is 0.396. The second kappa shape index (κ2) is 9.36. The van der Waals surface area contributed by atoms with E-state index < -0.39 is 5.54 Å². The highest BCUT2D eigenvalue weighted by molar-refractivity contribution is 6.32. The van der Waals surface area contributed by atoms with Crippen LogP contribution in [0.3, 0.4) is 0 Å². The van der Waals surface area contributed by atoms with Gasteiger partial charge in [0, 0.05) is 25.1 Å². The molecule has 3 aromatic rings. The van der Waals surface area contributed by atoms with E-state index in [1.165, 1.54) is 11.1 Å².